The highest BCUT2D eigenvalue weighted by Crippen LogP contribution is 2.14. The van der Waals surface area contributed by atoms with Gasteiger partial charge in [0.15, 0.2) is 0 Å². The third-order valence-corrected chi connectivity index (χ3v) is 3.76. The normalized spacial score (nSPS) is 27.0. The molecule has 0 radical (unpaired) electrons. The molecule has 2 unspecified atom stereocenters. The molecule has 1 aliphatic rings. The van der Waals surface area contributed by atoms with Crippen molar-refractivity contribution in [2.75, 3.05) is 19.6 Å². The van der Waals surface area contributed by atoms with Gasteiger partial charge in [0.05, 0.1) is 0 Å². The van der Waals surface area contributed by atoms with Crippen LogP contribution in [0.3, 0.4) is 0 Å². The van der Waals surface area contributed by atoms with Crippen LogP contribution in [0.5, 0.6) is 0 Å². The largest absolute Gasteiger partial charge is 0.311 e. The Balaban J connectivity index is 2.30. The van der Waals surface area contributed by atoms with Gasteiger partial charge in [-0.15, -0.1) is 0 Å². The van der Waals surface area contributed by atoms with Gasteiger partial charge in [-0.1, -0.05) is 27.7 Å². The Morgan fingerprint density at radius 1 is 1.18 bits per heavy atom. The molecule has 2 heteroatoms. The zero-order chi connectivity index (χ0) is 12.8. The van der Waals surface area contributed by atoms with E-state index in [1.807, 2.05) is 0 Å². The number of hydrogen-bond acceptors (Lipinski definition) is 2. The van der Waals surface area contributed by atoms with Crippen molar-refractivity contribution < 1.29 is 0 Å². The lowest BCUT2D eigenvalue weighted by Crippen LogP contribution is -2.55. The second kappa shape index (κ2) is 7.38. The molecule has 0 amide bonds. The zero-order valence-corrected chi connectivity index (χ0v) is 12.5. The molecule has 0 spiro atoms. The average molecular weight is 240 g/mol. The fourth-order valence-electron chi connectivity index (χ4n) is 2.74. The molecule has 1 fully saturated rings. The molecule has 102 valence electrons. The summed E-state index contributed by atoms with van der Waals surface area (Å²) in [5, 5.41) is 3.69. The lowest BCUT2D eigenvalue weighted by atomic mass is 9.99. The molecule has 1 saturated heterocycles. The highest BCUT2D eigenvalue weighted by Gasteiger charge is 2.24. The van der Waals surface area contributed by atoms with Crippen LogP contribution in [0.2, 0.25) is 0 Å². The Morgan fingerprint density at radius 3 is 2.47 bits per heavy atom. The van der Waals surface area contributed by atoms with Crippen molar-refractivity contribution in [3.63, 3.8) is 0 Å². The van der Waals surface area contributed by atoms with Gasteiger partial charge < -0.3 is 5.32 Å². The first kappa shape index (κ1) is 15.0. The first-order valence-corrected chi connectivity index (χ1v) is 7.46. The monoisotopic (exact) mass is 240 g/mol. The van der Waals surface area contributed by atoms with Gasteiger partial charge in [0.2, 0.25) is 0 Å². The topological polar surface area (TPSA) is 15.3 Å². The Hall–Kier alpha value is -0.0800. The molecular formula is C15H32N2. The van der Waals surface area contributed by atoms with E-state index in [1.165, 1.54) is 38.9 Å². The lowest BCUT2D eigenvalue weighted by Gasteiger charge is -2.39. The van der Waals surface area contributed by atoms with Gasteiger partial charge in [0.1, 0.15) is 0 Å². The maximum absolute atomic E-state index is 3.69. The minimum absolute atomic E-state index is 0.713. The van der Waals surface area contributed by atoms with Crippen LogP contribution in [-0.2, 0) is 0 Å². The SMILES string of the molecule is CC(C)CCCN1CC(CC(C)C)NCC1C. The number of rotatable bonds is 6. The summed E-state index contributed by atoms with van der Waals surface area (Å²) in [6.45, 7) is 15.3. The van der Waals surface area contributed by atoms with E-state index in [9.17, 15) is 0 Å². The lowest BCUT2D eigenvalue weighted by molar-refractivity contribution is 0.128. The fraction of sp³-hybridized carbons (Fsp3) is 1.00. The third kappa shape index (κ3) is 5.87. The van der Waals surface area contributed by atoms with E-state index in [4.69, 9.17) is 0 Å². The van der Waals surface area contributed by atoms with Crippen molar-refractivity contribution in [3.8, 4) is 0 Å². The standard InChI is InChI=1S/C15H32N2/c1-12(2)7-6-8-17-11-15(9-13(3)4)16-10-14(17)5/h12-16H,6-11H2,1-5H3. The highest BCUT2D eigenvalue weighted by molar-refractivity contribution is 4.84. The number of nitrogens with zero attached hydrogens (tertiary/aromatic N) is 1. The van der Waals surface area contributed by atoms with E-state index in [0.29, 0.717) is 12.1 Å². The quantitative estimate of drug-likeness (QED) is 0.767. The summed E-state index contributed by atoms with van der Waals surface area (Å²) in [5.74, 6) is 1.65. The fourth-order valence-corrected chi connectivity index (χ4v) is 2.74. The van der Waals surface area contributed by atoms with Crippen molar-refractivity contribution in [1.29, 1.82) is 0 Å². The van der Waals surface area contributed by atoms with Crippen molar-refractivity contribution >= 4 is 0 Å². The molecule has 0 aromatic carbocycles. The molecule has 0 bridgehead atoms. The molecule has 0 saturated carbocycles. The van der Waals surface area contributed by atoms with Crippen molar-refractivity contribution in [3.05, 3.63) is 0 Å². The summed E-state index contributed by atoms with van der Waals surface area (Å²) in [6, 6.07) is 1.43. The van der Waals surface area contributed by atoms with Gasteiger partial charge in [-0.2, -0.15) is 0 Å². The van der Waals surface area contributed by atoms with E-state index in [1.54, 1.807) is 0 Å². The molecule has 1 heterocycles. The molecule has 17 heavy (non-hydrogen) atoms. The Morgan fingerprint density at radius 2 is 1.88 bits per heavy atom. The van der Waals surface area contributed by atoms with Crippen molar-refractivity contribution in [2.45, 2.75) is 66.0 Å². The van der Waals surface area contributed by atoms with Crippen LogP contribution in [0.1, 0.15) is 53.9 Å². The van der Waals surface area contributed by atoms with Crippen LogP contribution >= 0.6 is 0 Å². The maximum atomic E-state index is 3.69. The summed E-state index contributed by atoms with van der Waals surface area (Å²) >= 11 is 0. The Kier molecular flexibility index (Phi) is 6.50. The first-order chi connectivity index (χ1) is 7.99. The second-order valence-corrected chi connectivity index (χ2v) is 6.61. The molecule has 0 aliphatic carbocycles. The molecule has 1 rings (SSSR count). The van der Waals surface area contributed by atoms with Crippen LogP contribution in [0.25, 0.3) is 0 Å². The van der Waals surface area contributed by atoms with Crippen LogP contribution in [-0.4, -0.2) is 36.6 Å². The summed E-state index contributed by atoms with van der Waals surface area (Å²) < 4.78 is 0. The number of nitrogens with one attached hydrogen (secondary N) is 1. The van der Waals surface area contributed by atoms with Crippen molar-refractivity contribution in [1.82, 2.24) is 10.2 Å². The molecule has 0 aromatic heterocycles. The molecule has 1 N–H and O–H groups in total. The van der Waals surface area contributed by atoms with E-state index in [-0.39, 0.29) is 0 Å². The highest BCUT2D eigenvalue weighted by atomic mass is 15.2. The second-order valence-electron chi connectivity index (χ2n) is 6.61. The first-order valence-electron chi connectivity index (χ1n) is 7.46. The smallest absolute Gasteiger partial charge is 0.0198 e. The molecule has 1 aliphatic heterocycles. The molecular weight excluding hydrogens is 208 g/mol. The van der Waals surface area contributed by atoms with E-state index < -0.39 is 0 Å². The number of piperazine rings is 1. The van der Waals surface area contributed by atoms with Crippen molar-refractivity contribution in [2.24, 2.45) is 11.8 Å². The molecule has 0 aromatic rings. The predicted octanol–water partition coefficient (Wildman–Crippen LogP) is 3.13. The Bertz CT molecular complexity index is 201. The predicted molar refractivity (Wildman–Crippen MR) is 76.4 cm³/mol. The molecule has 2 nitrogen and oxygen atoms in total. The van der Waals surface area contributed by atoms with E-state index in [0.717, 1.165) is 11.8 Å². The maximum Gasteiger partial charge on any atom is 0.0198 e. The van der Waals surface area contributed by atoms with Crippen LogP contribution in [0.4, 0.5) is 0 Å². The van der Waals surface area contributed by atoms with E-state index in [2.05, 4.69) is 44.8 Å². The Labute approximate surface area is 108 Å². The van der Waals surface area contributed by atoms with Crippen LogP contribution in [0, 0.1) is 11.8 Å². The van der Waals surface area contributed by atoms with Gasteiger partial charge in [0.25, 0.3) is 0 Å². The molecule has 2 atom stereocenters. The zero-order valence-electron chi connectivity index (χ0n) is 12.5. The number of hydrogen-bond donors (Lipinski definition) is 1. The summed E-state index contributed by atoms with van der Waals surface area (Å²) in [7, 11) is 0. The van der Waals surface area contributed by atoms with Gasteiger partial charge in [-0.3, -0.25) is 4.90 Å². The minimum atomic E-state index is 0.713. The van der Waals surface area contributed by atoms with Gasteiger partial charge in [-0.25, -0.2) is 0 Å². The van der Waals surface area contributed by atoms with Gasteiger partial charge in [-0.05, 0) is 44.6 Å². The summed E-state index contributed by atoms with van der Waals surface area (Å²) in [5.41, 5.74) is 0. The average Bonchev–Trinajstić information content (AvgIpc) is 2.21. The van der Waals surface area contributed by atoms with Crippen LogP contribution in [0.15, 0.2) is 0 Å². The van der Waals surface area contributed by atoms with Gasteiger partial charge >= 0.3 is 0 Å². The van der Waals surface area contributed by atoms with Crippen LogP contribution < -0.4 is 5.32 Å². The van der Waals surface area contributed by atoms with E-state index >= 15 is 0 Å². The minimum Gasteiger partial charge on any atom is -0.311 e. The third-order valence-electron chi connectivity index (χ3n) is 3.76. The summed E-state index contributed by atoms with van der Waals surface area (Å²) in [6.07, 6.45) is 4.04. The summed E-state index contributed by atoms with van der Waals surface area (Å²) in [4.78, 5) is 2.69. The van der Waals surface area contributed by atoms with Gasteiger partial charge in [0, 0.05) is 25.2 Å².